The molecule has 0 spiro atoms. The fourth-order valence-corrected chi connectivity index (χ4v) is 5.73. The van der Waals surface area contributed by atoms with E-state index in [4.69, 9.17) is 4.74 Å². The van der Waals surface area contributed by atoms with Crippen molar-refractivity contribution in [2.24, 2.45) is 11.8 Å². The first-order chi connectivity index (χ1) is 11.6. The molecule has 2 heterocycles. The van der Waals surface area contributed by atoms with Gasteiger partial charge in [0.2, 0.25) is 0 Å². The molecule has 4 rings (SSSR count). The second kappa shape index (κ2) is 5.89. The number of hydrogen-bond acceptors (Lipinski definition) is 3. The van der Waals surface area contributed by atoms with Crippen LogP contribution in [0.3, 0.4) is 0 Å². The molecule has 1 aromatic rings. The normalized spacial score (nSPS) is 37.7. The number of ether oxygens (including phenoxy) is 1. The number of fused-ring (bicyclic) bond motifs is 2. The van der Waals surface area contributed by atoms with Gasteiger partial charge in [0.25, 0.3) is 0 Å². The molecule has 130 valence electrons. The number of methoxy groups -OCH3 is 1. The molecule has 0 saturated carbocycles. The van der Waals surface area contributed by atoms with E-state index in [0.717, 1.165) is 18.8 Å². The van der Waals surface area contributed by atoms with Crippen LogP contribution in [0.2, 0.25) is 0 Å². The molecule has 0 bridgehead atoms. The van der Waals surface area contributed by atoms with Crippen molar-refractivity contribution in [3.05, 3.63) is 41.5 Å². The molecular weight excluding hydrogens is 296 g/mol. The zero-order valence-electron chi connectivity index (χ0n) is 15.4. The van der Waals surface area contributed by atoms with Gasteiger partial charge in [0.05, 0.1) is 7.11 Å². The van der Waals surface area contributed by atoms with Crippen LogP contribution in [0.1, 0.15) is 37.3 Å². The molecule has 1 aliphatic carbocycles. The van der Waals surface area contributed by atoms with E-state index in [0.29, 0.717) is 23.8 Å². The largest absolute Gasteiger partial charge is 0.497 e. The summed E-state index contributed by atoms with van der Waals surface area (Å²) in [5.74, 6) is 2.80. The third-order valence-electron chi connectivity index (χ3n) is 7.04. The molecule has 1 aromatic carbocycles. The number of hydrogen-bond donors (Lipinski definition) is 1. The summed E-state index contributed by atoms with van der Waals surface area (Å²) in [5.41, 5.74) is 3.27. The fraction of sp³-hybridized carbons (Fsp3) is 0.619. The van der Waals surface area contributed by atoms with Crippen molar-refractivity contribution >= 4 is 0 Å². The zero-order valence-corrected chi connectivity index (χ0v) is 15.4. The van der Waals surface area contributed by atoms with E-state index >= 15 is 0 Å². The average Bonchev–Trinajstić information content (AvgIpc) is 2.97. The lowest BCUT2D eigenvalue weighted by Gasteiger charge is -2.44. The highest BCUT2D eigenvalue weighted by Gasteiger charge is 2.55. The number of nitrogens with zero attached hydrogens (tertiary/aromatic N) is 1. The summed E-state index contributed by atoms with van der Waals surface area (Å²) in [5, 5.41) is 3.53. The maximum Gasteiger partial charge on any atom is 0.119 e. The SMILES string of the molecule is CNCC12CCN3CC=CC(C(C)C(C)c4cc(OC)ccc41)C32. The quantitative estimate of drug-likeness (QED) is 0.864. The minimum Gasteiger partial charge on any atom is -0.497 e. The molecule has 5 unspecified atom stereocenters. The molecule has 3 aliphatic rings. The first-order valence-corrected chi connectivity index (χ1v) is 9.36. The van der Waals surface area contributed by atoms with E-state index in [2.05, 4.69) is 61.5 Å². The van der Waals surface area contributed by atoms with Gasteiger partial charge in [-0.15, -0.1) is 0 Å². The molecule has 1 saturated heterocycles. The summed E-state index contributed by atoms with van der Waals surface area (Å²) in [7, 11) is 3.88. The lowest BCUT2D eigenvalue weighted by atomic mass is 9.68. The second-order valence-corrected chi connectivity index (χ2v) is 7.98. The topological polar surface area (TPSA) is 24.5 Å². The van der Waals surface area contributed by atoms with Crippen LogP contribution in [0.5, 0.6) is 5.75 Å². The van der Waals surface area contributed by atoms with E-state index in [1.165, 1.54) is 18.5 Å². The summed E-state index contributed by atoms with van der Waals surface area (Å²) in [4.78, 5) is 2.73. The van der Waals surface area contributed by atoms with Crippen LogP contribution >= 0.6 is 0 Å². The lowest BCUT2D eigenvalue weighted by molar-refractivity contribution is 0.132. The van der Waals surface area contributed by atoms with Crippen molar-refractivity contribution in [1.29, 1.82) is 0 Å². The molecule has 3 nitrogen and oxygen atoms in total. The predicted octanol–water partition coefficient (Wildman–Crippen LogP) is 3.17. The van der Waals surface area contributed by atoms with Gasteiger partial charge < -0.3 is 10.1 Å². The third kappa shape index (κ3) is 2.11. The van der Waals surface area contributed by atoms with Crippen LogP contribution in [-0.4, -0.2) is 44.7 Å². The molecule has 3 heteroatoms. The molecule has 5 atom stereocenters. The highest BCUT2D eigenvalue weighted by molar-refractivity contribution is 5.47. The van der Waals surface area contributed by atoms with Crippen molar-refractivity contribution in [2.45, 2.75) is 37.6 Å². The number of nitrogens with one attached hydrogen (secondary N) is 1. The molecule has 1 N–H and O–H groups in total. The van der Waals surface area contributed by atoms with Gasteiger partial charge in [-0.3, -0.25) is 4.90 Å². The molecule has 0 radical (unpaired) electrons. The van der Waals surface area contributed by atoms with Gasteiger partial charge >= 0.3 is 0 Å². The maximum absolute atomic E-state index is 5.56. The van der Waals surface area contributed by atoms with Gasteiger partial charge in [0.15, 0.2) is 0 Å². The zero-order chi connectivity index (χ0) is 16.9. The fourth-order valence-electron chi connectivity index (χ4n) is 5.73. The standard InChI is InChI=1S/C21H30N2O/c1-14-15(2)18-12-16(24-4)7-8-19(18)21(13-22-3)9-11-23-10-5-6-17(14)20(21)23/h5-8,12,14-15,17,20,22H,9-11,13H2,1-4H3. The van der Waals surface area contributed by atoms with Crippen LogP contribution in [0.25, 0.3) is 0 Å². The van der Waals surface area contributed by atoms with Crippen molar-refractivity contribution in [3.8, 4) is 5.75 Å². The molecule has 2 aliphatic heterocycles. The number of rotatable bonds is 3. The lowest BCUT2D eigenvalue weighted by Crippen LogP contribution is -2.53. The van der Waals surface area contributed by atoms with Gasteiger partial charge in [-0.25, -0.2) is 0 Å². The van der Waals surface area contributed by atoms with Crippen molar-refractivity contribution in [3.63, 3.8) is 0 Å². The summed E-state index contributed by atoms with van der Waals surface area (Å²) in [6.45, 7) is 8.22. The van der Waals surface area contributed by atoms with Gasteiger partial charge in [0, 0.05) is 24.5 Å². The summed E-state index contributed by atoms with van der Waals surface area (Å²) in [6.07, 6.45) is 6.16. The Hall–Kier alpha value is -1.32. The van der Waals surface area contributed by atoms with Crippen molar-refractivity contribution < 1.29 is 4.74 Å². The molecule has 1 fully saturated rings. The summed E-state index contributed by atoms with van der Waals surface area (Å²) in [6, 6.07) is 7.44. The Balaban J connectivity index is 1.95. The number of benzene rings is 1. The summed E-state index contributed by atoms with van der Waals surface area (Å²) >= 11 is 0. The summed E-state index contributed by atoms with van der Waals surface area (Å²) < 4.78 is 5.56. The van der Waals surface area contributed by atoms with E-state index < -0.39 is 0 Å². The monoisotopic (exact) mass is 326 g/mol. The Kier molecular flexibility index (Phi) is 3.97. The minimum atomic E-state index is 0.213. The first kappa shape index (κ1) is 16.2. The van der Waals surface area contributed by atoms with Crippen LogP contribution in [0.4, 0.5) is 0 Å². The molecule has 0 amide bonds. The Morgan fingerprint density at radius 1 is 1.33 bits per heavy atom. The third-order valence-corrected chi connectivity index (χ3v) is 7.04. The van der Waals surface area contributed by atoms with Crippen LogP contribution in [0.15, 0.2) is 30.4 Å². The Morgan fingerprint density at radius 3 is 2.92 bits per heavy atom. The maximum atomic E-state index is 5.56. The predicted molar refractivity (Wildman–Crippen MR) is 98.8 cm³/mol. The molecule has 0 aromatic heterocycles. The molecular formula is C21H30N2O. The van der Waals surface area contributed by atoms with Gasteiger partial charge in [-0.2, -0.15) is 0 Å². The second-order valence-electron chi connectivity index (χ2n) is 7.98. The van der Waals surface area contributed by atoms with Gasteiger partial charge in [-0.05, 0) is 61.0 Å². The Labute approximate surface area is 146 Å². The van der Waals surface area contributed by atoms with Crippen molar-refractivity contribution in [1.82, 2.24) is 10.2 Å². The van der Waals surface area contributed by atoms with E-state index in [1.54, 1.807) is 12.7 Å². The Morgan fingerprint density at radius 2 is 2.17 bits per heavy atom. The van der Waals surface area contributed by atoms with Crippen LogP contribution in [0, 0.1) is 11.8 Å². The van der Waals surface area contributed by atoms with Crippen molar-refractivity contribution in [2.75, 3.05) is 33.8 Å². The van der Waals surface area contributed by atoms with Gasteiger partial charge in [-0.1, -0.05) is 32.1 Å². The molecule has 24 heavy (non-hydrogen) atoms. The van der Waals surface area contributed by atoms with E-state index in [1.807, 2.05) is 0 Å². The average molecular weight is 326 g/mol. The van der Waals surface area contributed by atoms with Crippen LogP contribution in [-0.2, 0) is 5.41 Å². The Bertz CT molecular complexity index is 655. The highest BCUT2D eigenvalue weighted by atomic mass is 16.5. The van der Waals surface area contributed by atoms with E-state index in [9.17, 15) is 0 Å². The first-order valence-electron chi connectivity index (χ1n) is 9.36. The van der Waals surface area contributed by atoms with Gasteiger partial charge in [0.1, 0.15) is 5.75 Å². The number of likely N-dealkylation sites (N-methyl/N-ethyl adjacent to an activating group) is 1. The highest BCUT2D eigenvalue weighted by Crippen LogP contribution is 2.54. The van der Waals surface area contributed by atoms with Crippen LogP contribution < -0.4 is 10.1 Å². The smallest absolute Gasteiger partial charge is 0.119 e. The minimum absolute atomic E-state index is 0.213. The van der Waals surface area contributed by atoms with E-state index in [-0.39, 0.29) is 5.41 Å².